The van der Waals surface area contributed by atoms with Crippen LogP contribution in [0.1, 0.15) is 25.8 Å². The summed E-state index contributed by atoms with van der Waals surface area (Å²) in [4.78, 5) is 0. The zero-order valence-corrected chi connectivity index (χ0v) is 11.7. The van der Waals surface area contributed by atoms with Crippen LogP contribution in [0.15, 0.2) is 18.2 Å². The van der Waals surface area contributed by atoms with E-state index in [9.17, 15) is 0 Å². The number of para-hydroxylation sites is 1. The minimum Gasteiger partial charge on any atom is -0.486 e. The molecule has 3 nitrogen and oxygen atoms in total. The number of ether oxygens (including phenoxy) is 2. The van der Waals surface area contributed by atoms with Gasteiger partial charge in [0.1, 0.15) is 11.9 Å². The van der Waals surface area contributed by atoms with Crippen molar-refractivity contribution in [3.05, 3.63) is 28.8 Å². The third kappa shape index (κ3) is 3.61. The molecule has 1 aromatic rings. The highest BCUT2D eigenvalue weighted by Gasteiger charge is 2.20. The number of hydrogen-bond donors (Lipinski definition) is 1. The average Bonchev–Trinajstić information content (AvgIpc) is 2.82. The Morgan fingerprint density at radius 2 is 2.33 bits per heavy atom. The molecule has 0 radical (unpaired) electrons. The summed E-state index contributed by atoms with van der Waals surface area (Å²) in [6.07, 6.45) is 1.06. The molecule has 0 aromatic heterocycles. The summed E-state index contributed by atoms with van der Waals surface area (Å²) in [5.74, 6) is 0.794. The first-order valence-corrected chi connectivity index (χ1v) is 6.80. The SMILES string of the molecule is CC(C)NCc1cccc(Cl)c1OC1CCOC1. The molecule has 0 spiro atoms. The predicted octanol–water partition coefficient (Wildman–Crippen LogP) is 3.01. The maximum atomic E-state index is 6.23. The Morgan fingerprint density at radius 1 is 1.50 bits per heavy atom. The topological polar surface area (TPSA) is 30.5 Å². The van der Waals surface area contributed by atoms with E-state index in [1.165, 1.54) is 0 Å². The average molecular weight is 270 g/mol. The van der Waals surface area contributed by atoms with Crippen molar-refractivity contribution < 1.29 is 9.47 Å². The molecule has 0 amide bonds. The van der Waals surface area contributed by atoms with Gasteiger partial charge in [-0.3, -0.25) is 0 Å². The van der Waals surface area contributed by atoms with Gasteiger partial charge in [0.2, 0.25) is 0 Å². The van der Waals surface area contributed by atoms with Crippen LogP contribution in [-0.2, 0) is 11.3 Å². The highest BCUT2D eigenvalue weighted by molar-refractivity contribution is 6.32. The maximum absolute atomic E-state index is 6.23. The van der Waals surface area contributed by atoms with Crippen LogP contribution >= 0.6 is 11.6 Å². The summed E-state index contributed by atoms with van der Waals surface area (Å²) in [7, 11) is 0. The van der Waals surface area contributed by atoms with E-state index in [4.69, 9.17) is 21.1 Å². The summed E-state index contributed by atoms with van der Waals surface area (Å²) in [5, 5.41) is 4.06. The third-order valence-corrected chi connectivity index (χ3v) is 3.22. The van der Waals surface area contributed by atoms with E-state index < -0.39 is 0 Å². The van der Waals surface area contributed by atoms with E-state index >= 15 is 0 Å². The molecule has 1 N–H and O–H groups in total. The Kier molecular flexibility index (Phi) is 4.87. The summed E-state index contributed by atoms with van der Waals surface area (Å²) in [5.41, 5.74) is 1.10. The fourth-order valence-electron chi connectivity index (χ4n) is 1.91. The van der Waals surface area contributed by atoms with Gasteiger partial charge in [-0.1, -0.05) is 37.6 Å². The molecule has 0 saturated carbocycles. The molecule has 1 atom stereocenters. The molecule has 1 saturated heterocycles. The lowest BCUT2D eigenvalue weighted by atomic mass is 10.2. The van der Waals surface area contributed by atoms with Crippen LogP contribution in [0.25, 0.3) is 0 Å². The largest absolute Gasteiger partial charge is 0.486 e. The summed E-state index contributed by atoms with van der Waals surface area (Å²) in [6, 6.07) is 6.31. The second kappa shape index (κ2) is 6.41. The van der Waals surface area contributed by atoms with Crippen molar-refractivity contribution in [2.45, 2.75) is 39.0 Å². The minimum atomic E-state index is 0.127. The van der Waals surface area contributed by atoms with Gasteiger partial charge in [0.05, 0.1) is 18.2 Å². The van der Waals surface area contributed by atoms with Gasteiger partial charge in [-0.2, -0.15) is 0 Å². The lowest BCUT2D eigenvalue weighted by molar-refractivity contribution is 0.140. The van der Waals surface area contributed by atoms with Crippen molar-refractivity contribution in [3.8, 4) is 5.75 Å². The molecule has 1 fully saturated rings. The molecule has 1 aliphatic rings. The Labute approximate surface area is 113 Å². The van der Waals surface area contributed by atoms with E-state index in [1.54, 1.807) is 0 Å². The molecular formula is C14H20ClNO2. The standard InChI is InChI=1S/C14H20ClNO2/c1-10(2)16-8-11-4-3-5-13(15)14(11)18-12-6-7-17-9-12/h3-5,10,12,16H,6-9H2,1-2H3. The van der Waals surface area contributed by atoms with Crippen molar-refractivity contribution in [3.63, 3.8) is 0 Å². The van der Waals surface area contributed by atoms with Gasteiger partial charge in [0.15, 0.2) is 0 Å². The monoisotopic (exact) mass is 269 g/mol. The molecule has 0 aliphatic carbocycles. The molecule has 1 unspecified atom stereocenters. The Morgan fingerprint density at radius 3 is 3.00 bits per heavy atom. The number of halogens is 1. The zero-order chi connectivity index (χ0) is 13.0. The van der Waals surface area contributed by atoms with Gasteiger partial charge in [0, 0.05) is 24.6 Å². The van der Waals surface area contributed by atoms with Crippen LogP contribution in [0.5, 0.6) is 5.75 Å². The van der Waals surface area contributed by atoms with Crippen LogP contribution in [0.3, 0.4) is 0 Å². The van der Waals surface area contributed by atoms with Gasteiger partial charge in [-0.15, -0.1) is 0 Å². The van der Waals surface area contributed by atoms with Gasteiger partial charge in [-0.05, 0) is 6.07 Å². The van der Waals surface area contributed by atoms with Crippen molar-refractivity contribution >= 4 is 11.6 Å². The molecule has 2 rings (SSSR count). The second-order valence-corrected chi connectivity index (χ2v) is 5.27. The lowest BCUT2D eigenvalue weighted by Gasteiger charge is -2.18. The maximum Gasteiger partial charge on any atom is 0.142 e. The molecule has 100 valence electrons. The fraction of sp³-hybridized carbons (Fsp3) is 0.571. The first kappa shape index (κ1) is 13.7. The van der Waals surface area contributed by atoms with E-state index in [2.05, 4.69) is 19.2 Å². The highest BCUT2D eigenvalue weighted by atomic mass is 35.5. The van der Waals surface area contributed by atoms with Crippen molar-refractivity contribution in [1.29, 1.82) is 0 Å². The van der Waals surface area contributed by atoms with Crippen molar-refractivity contribution in [2.24, 2.45) is 0 Å². The first-order chi connectivity index (χ1) is 8.66. The summed E-state index contributed by atoms with van der Waals surface area (Å²) >= 11 is 6.23. The second-order valence-electron chi connectivity index (χ2n) is 4.87. The van der Waals surface area contributed by atoms with Gasteiger partial charge in [0.25, 0.3) is 0 Å². The summed E-state index contributed by atoms with van der Waals surface area (Å²) in [6.45, 7) is 6.43. The van der Waals surface area contributed by atoms with Gasteiger partial charge in [-0.25, -0.2) is 0 Å². The van der Waals surface area contributed by atoms with Crippen molar-refractivity contribution in [1.82, 2.24) is 5.32 Å². The lowest BCUT2D eigenvalue weighted by Crippen LogP contribution is -2.23. The minimum absolute atomic E-state index is 0.127. The van der Waals surface area contributed by atoms with Gasteiger partial charge < -0.3 is 14.8 Å². The van der Waals surface area contributed by atoms with E-state index in [0.717, 1.165) is 30.9 Å². The van der Waals surface area contributed by atoms with Gasteiger partial charge >= 0.3 is 0 Å². The molecule has 1 heterocycles. The molecule has 1 aromatic carbocycles. The Bertz CT molecular complexity index is 389. The fourth-order valence-corrected chi connectivity index (χ4v) is 2.15. The number of rotatable bonds is 5. The van der Waals surface area contributed by atoms with Crippen LogP contribution < -0.4 is 10.1 Å². The number of benzene rings is 1. The van der Waals surface area contributed by atoms with E-state index in [1.807, 2.05) is 18.2 Å². The predicted molar refractivity (Wildman–Crippen MR) is 73.3 cm³/mol. The van der Waals surface area contributed by atoms with Crippen LogP contribution in [0, 0.1) is 0 Å². The van der Waals surface area contributed by atoms with Crippen LogP contribution in [0.2, 0.25) is 5.02 Å². The summed E-state index contributed by atoms with van der Waals surface area (Å²) < 4.78 is 11.3. The smallest absolute Gasteiger partial charge is 0.142 e. The van der Waals surface area contributed by atoms with E-state index in [0.29, 0.717) is 17.7 Å². The van der Waals surface area contributed by atoms with E-state index in [-0.39, 0.29) is 6.10 Å². The zero-order valence-electron chi connectivity index (χ0n) is 10.9. The van der Waals surface area contributed by atoms with Crippen molar-refractivity contribution in [2.75, 3.05) is 13.2 Å². The molecular weight excluding hydrogens is 250 g/mol. The van der Waals surface area contributed by atoms with Crippen LogP contribution in [0.4, 0.5) is 0 Å². The number of nitrogens with one attached hydrogen (secondary N) is 1. The molecule has 1 aliphatic heterocycles. The highest BCUT2D eigenvalue weighted by Crippen LogP contribution is 2.30. The molecule has 0 bridgehead atoms. The molecule has 18 heavy (non-hydrogen) atoms. The number of hydrogen-bond acceptors (Lipinski definition) is 3. The Balaban J connectivity index is 2.09. The molecule has 4 heteroatoms. The third-order valence-electron chi connectivity index (χ3n) is 2.92. The quantitative estimate of drug-likeness (QED) is 0.891. The normalized spacial score (nSPS) is 19.4. The first-order valence-electron chi connectivity index (χ1n) is 6.42. The Hall–Kier alpha value is -0.770. The van der Waals surface area contributed by atoms with Crippen LogP contribution in [-0.4, -0.2) is 25.4 Å².